The van der Waals surface area contributed by atoms with Gasteiger partial charge in [-0.2, -0.15) is 0 Å². The van der Waals surface area contributed by atoms with Crippen LogP contribution >= 0.6 is 0 Å². The van der Waals surface area contributed by atoms with Gasteiger partial charge >= 0.3 is 12.2 Å². The quantitative estimate of drug-likeness (QED) is 0.146. The number of amides is 4. The number of rotatable bonds is 11. The number of nitrogens with one attached hydrogen (secondary N) is 1. The smallest absolute Gasteiger partial charge is 0.416 e. The summed E-state index contributed by atoms with van der Waals surface area (Å²) in [7, 11) is -3.99. The lowest BCUT2D eigenvalue weighted by Gasteiger charge is -2.45. The van der Waals surface area contributed by atoms with Crippen molar-refractivity contribution in [2.45, 2.75) is 162 Å². The standard InChI is InChI=1S/C25H38N2O5Si.C25H40N2O5Si/c1-9-12-31-24(30)27-20-14-17(3)16(2)13-19(20)22(28)26-11-10-18(15-21(26)23(27)29)32-33(7,8)25(4,5)6;1-9-12-31-24(30)26-22-14-18(3)17(2)13-21(22)23(29)27-11-10-20(15-19(27)16-28)32-33(7,8)25(4,5)6/h9,13-14,18,21,23,29H,1,10-12,15H2,2-8H3;9,13-14,19-20,28H,1,10-12,15-16H2,2-8H3,(H,26,30)/t18-,21+,23?;19-,20+/m10/s1. The maximum Gasteiger partial charge on any atom is 0.416 e. The molecule has 0 aromatic heterocycles. The van der Waals surface area contributed by atoms with Crippen LogP contribution in [0.15, 0.2) is 49.6 Å². The van der Waals surface area contributed by atoms with Gasteiger partial charge in [-0.3, -0.25) is 14.9 Å². The van der Waals surface area contributed by atoms with Crippen LogP contribution in [0.3, 0.4) is 0 Å². The third kappa shape index (κ3) is 12.6. The highest BCUT2D eigenvalue weighted by molar-refractivity contribution is 6.74. The van der Waals surface area contributed by atoms with Crippen LogP contribution in [-0.4, -0.2) is 124 Å². The summed E-state index contributed by atoms with van der Waals surface area (Å²) < 4.78 is 23.5. The Morgan fingerprint density at radius 3 is 1.86 bits per heavy atom. The number of hydrogen-bond acceptors (Lipinski definition) is 10. The van der Waals surface area contributed by atoms with Crippen molar-refractivity contribution in [3.63, 3.8) is 0 Å². The number of piperidine rings is 2. The molecular weight excluding hydrogens is 873 g/mol. The van der Waals surface area contributed by atoms with Gasteiger partial charge in [0.1, 0.15) is 13.2 Å². The molecule has 3 N–H and O–H groups in total. The molecule has 14 nitrogen and oxygen atoms in total. The molecule has 66 heavy (non-hydrogen) atoms. The van der Waals surface area contributed by atoms with E-state index in [2.05, 4.69) is 86.2 Å². The van der Waals surface area contributed by atoms with Crippen molar-refractivity contribution in [1.29, 1.82) is 0 Å². The Labute approximate surface area is 395 Å². The molecule has 3 aliphatic rings. The molecule has 1 unspecified atom stereocenters. The predicted octanol–water partition coefficient (Wildman–Crippen LogP) is 9.78. The largest absolute Gasteiger partial charge is 0.445 e. The van der Waals surface area contributed by atoms with Crippen LogP contribution in [0, 0.1) is 27.7 Å². The molecule has 2 saturated heterocycles. The number of benzene rings is 2. The number of aliphatic hydroxyl groups is 2. The average Bonchev–Trinajstić information content (AvgIpc) is 3.30. The third-order valence-electron chi connectivity index (χ3n) is 14.2. The zero-order valence-electron chi connectivity index (χ0n) is 42.1. The van der Waals surface area contributed by atoms with E-state index in [9.17, 15) is 29.4 Å². The molecule has 2 aromatic carbocycles. The summed E-state index contributed by atoms with van der Waals surface area (Å²) >= 11 is 0. The second-order valence-electron chi connectivity index (χ2n) is 21.0. The first-order valence-corrected chi connectivity index (χ1v) is 29.0. The van der Waals surface area contributed by atoms with Gasteiger partial charge in [0.05, 0.1) is 41.2 Å². The molecule has 0 radical (unpaired) electrons. The summed E-state index contributed by atoms with van der Waals surface area (Å²) in [6.07, 6.45) is 2.73. The molecule has 0 spiro atoms. The Hall–Kier alpha value is -4.33. The fourth-order valence-electron chi connectivity index (χ4n) is 7.93. The van der Waals surface area contributed by atoms with E-state index in [0.29, 0.717) is 61.3 Å². The number of ether oxygens (including phenoxy) is 2. The summed E-state index contributed by atoms with van der Waals surface area (Å²) in [6, 6.07) is 6.21. The lowest BCUT2D eigenvalue weighted by Crippen LogP contribution is -2.58. The molecule has 2 aromatic rings. The molecule has 16 heteroatoms. The zero-order valence-corrected chi connectivity index (χ0v) is 44.1. The Morgan fingerprint density at radius 2 is 1.30 bits per heavy atom. The number of carbonyl (C=O) groups excluding carboxylic acids is 4. The Balaban J connectivity index is 0.000000289. The van der Waals surface area contributed by atoms with Crippen LogP contribution in [-0.2, 0) is 18.3 Å². The van der Waals surface area contributed by atoms with Crippen molar-refractivity contribution in [2.75, 3.05) is 43.1 Å². The fraction of sp³-hybridized carbons (Fsp3) is 0.600. The average molecular weight is 951 g/mol. The van der Waals surface area contributed by atoms with E-state index in [1.165, 1.54) is 17.1 Å². The van der Waals surface area contributed by atoms with E-state index in [4.69, 9.17) is 18.3 Å². The van der Waals surface area contributed by atoms with Crippen molar-refractivity contribution >= 4 is 52.0 Å². The van der Waals surface area contributed by atoms with Crippen LogP contribution < -0.4 is 10.2 Å². The number of likely N-dealkylation sites (tertiary alicyclic amines) is 1. The second kappa shape index (κ2) is 21.7. The lowest BCUT2D eigenvalue weighted by atomic mass is 9.97. The van der Waals surface area contributed by atoms with Gasteiger partial charge in [-0.15, -0.1) is 0 Å². The van der Waals surface area contributed by atoms with E-state index in [0.717, 1.165) is 22.3 Å². The molecular formula is C50H78N4O10Si2. The van der Waals surface area contributed by atoms with Crippen LogP contribution in [0.5, 0.6) is 0 Å². The molecule has 5 atom stereocenters. The summed E-state index contributed by atoms with van der Waals surface area (Å²) in [5.74, 6) is -0.399. The van der Waals surface area contributed by atoms with Gasteiger partial charge in [0.15, 0.2) is 22.9 Å². The van der Waals surface area contributed by atoms with Gasteiger partial charge in [0.25, 0.3) is 11.8 Å². The van der Waals surface area contributed by atoms with Crippen molar-refractivity contribution in [1.82, 2.24) is 9.80 Å². The van der Waals surface area contributed by atoms with E-state index in [1.807, 2.05) is 27.7 Å². The lowest BCUT2D eigenvalue weighted by molar-refractivity contribution is -0.00772. The maximum absolute atomic E-state index is 13.6. The predicted molar refractivity (Wildman–Crippen MR) is 266 cm³/mol. The monoisotopic (exact) mass is 951 g/mol. The third-order valence-corrected chi connectivity index (χ3v) is 23.3. The minimum Gasteiger partial charge on any atom is -0.445 e. The SMILES string of the molecule is C=CCOC(=O)N1c2cc(C)c(C)cc2C(=O)N2CC[C@@H](O[Si](C)(C)C(C)(C)C)C[C@H]2C1O.C=CCOC(=O)Nc1cc(C)c(C)cc1C(=O)N1CC[C@@H](O[Si](C)(C)C(C)(C)C)C[C@H]1CO. The van der Waals surface area contributed by atoms with E-state index >= 15 is 0 Å². The van der Waals surface area contributed by atoms with Gasteiger partial charge in [0, 0.05) is 25.3 Å². The number of nitrogens with zero attached hydrogens (tertiary/aromatic N) is 3. The first-order valence-electron chi connectivity index (χ1n) is 23.2. The van der Waals surface area contributed by atoms with E-state index in [-0.39, 0.29) is 60.0 Å². The minimum atomic E-state index is -2.04. The molecule has 4 amide bonds. The highest BCUT2D eigenvalue weighted by atomic mass is 28.4. The van der Waals surface area contributed by atoms with Crippen LogP contribution in [0.2, 0.25) is 36.3 Å². The summed E-state index contributed by atoms with van der Waals surface area (Å²) in [6.45, 7) is 37.7. The van der Waals surface area contributed by atoms with Gasteiger partial charge in [-0.25, -0.2) is 14.5 Å². The maximum atomic E-state index is 13.6. The number of hydrogen-bond donors (Lipinski definition) is 3. The van der Waals surface area contributed by atoms with Gasteiger partial charge in [0.2, 0.25) is 0 Å². The Morgan fingerprint density at radius 1 is 0.788 bits per heavy atom. The van der Waals surface area contributed by atoms with Crippen molar-refractivity contribution in [2.24, 2.45) is 0 Å². The van der Waals surface area contributed by atoms with Gasteiger partial charge in [-0.1, -0.05) is 66.9 Å². The van der Waals surface area contributed by atoms with Crippen molar-refractivity contribution in [3.8, 4) is 0 Å². The molecule has 5 rings (SSSR count). The molecule has 2 fully saturated rings. The number of anilines is 2. The topological polar surface area (TPSA) is 167 Å². The molecule has 0 saturated carbocycles. The van der Waals surface area contributed by atoms with Crippen LogP contribution in [0.4, 0.5) is 21.0 Å². The Kier molecular flexibility index (Phi) is 17.9. The summed E-state index contributed by atoms with van der Waals surface area (Å²) in [4.78, 5) is 57.0. The van der Waals surface area contributed by atoms with E-state index < -0.39 is 41.1 Å². The summed E-state index contributed by atoms with van der Waals surface area (Å²) in [5, 5.41) is 24.4. The fourth-order valence-corrected chi connectivity index (χ4v) is 10.7. The number of aryl methyl sites for hydroxylation is 4. The van der Waals surface area contributed by atoms with Crippen LogP contribution in [0.1, 0.15) is 110 Å². The Bertz CT molecular complexity index is 2110. The normalized spacial score (nSPS) is 21.4. The first kappa shape index (κ1) is 54.3. The minimum absolute atomic E-state index is 0.0123. The summed E-state index contributed by atoms with van der Waals surface area (Å²) in [5.41, 5.74) is 5.33. The van der Waals surface area contributed by atoms with Gasteiger partial charge in [-0.05, 0) is 136 Å². The molecule has 0 bridgehead atoms. The molecule has 366 valence electrons. The van der Waals surface area contributed by atoms with E-state index in [1.54, 1.807) is 34.1 Å². The van der Waals surface area contributed by atoms with Crippen molar-refractivity contribution < 1.29 is 47.7 Å². The van der Waals surface area contributed by atoms with Crippen molar-refractivity contribution in [3.05, 3.63) is 83.0 Å². The number of fused-ring (bicyclic) bond motifs is 2. The first-order chi connectivity index (χ1) is 30.6. The zero-order chi connectivity index (χ0) is 49.7. The number of aliphatic hydroxyl groups excluding tert-OH is 2. The molecule has 0 aliphatic carbocycles. The van der Waals surface area contributed by atoms with Crippen LogP contribution in [0.25, 0.3) is 0 Å². The highest BCUT2D eigenvalue weighted by Gasteiger charge is 2.48. The van der Waals surface area contributed by atoms with Gasteiger partial charge < -0.3 is 38.3 Å². The highest BCUT2D eigenvalue weighted by Crippen LogP contribution is 2.42. The molecule has 3 aliphatic heterocycles. The number of carbonyl (C=O) groups is 4. The second-order valence-corrected chi connectivity index (χ2v) is 30.6. The molecule has 3 heterocycles.